The molecule has 2 unspecified atom stereocenters. The minimum absolute atomic E-state index is 0. The highest BCUT2D eigenvalue weighted by Crippen LogP contribution is 2.58. The average molecular weight is 351 g/mol. The summed E-state index contributed by atoms with van der Waals surface area (Å²) in [6.07, 6.45) is 6.66. The van der Waals surface area contributed by atoms with E-state index in [4.69, 9.17) is 4.74 Å². The molecule has 24 heavy (non-hydrogen) atoms. The average Bonchev–Trinajstić information content (AvgIpc) is 3.28. The van der Waals surface area contributed by atoms with Gasteiger partial charge in [0.25, 0.3) is 0 Å². The van der Waals surface area contributed by atoms with Crippen LogP contribution in [0.1, 0.15) is 49.3 Å². The lowest BCUT2D eigenvalue weighted by Gasteiger charge is -2.28. The molecule has 0 aromatic heterocycles. The Morgan fingerprint density at radius 2 is 2.12 bits per heavy atom. The van der Waals surface area contributed by atoms with Crippen LogP contribution >= 0.6 is 12.4 Å². The third kappa shape index (κ3) is 3.14. The molecular weight excluding hydrogens is 324 g/mol. The first-order valence-electron chi connectivity index (χ1n) is 8.90. The summed E-state index contributed by atoms with van der Waals surface area (Å²) in [4.78, 5) is 12.7. The van der Waals surface area contributed by atoms with E-state index in [1.165, 1.54) is 11.1 Å². The number of benzene rings is 1. The van der Waals surface area contributed by atoms with Crippen LogP contribution in [0.25, 0.3) is 0 Å². The molecule has 1 saturated heterocycles. The minimum atomic E-state index is 0. The SMILES string of the molecule is COc1ccc2c(c1)CCCC2NC(=O)C1CC12CCNCC2.Cl. The molecule has 1 heterocycles. The van der Waals surface area contributed by atoms with Gasteiger partial charge in [-0.05, 0) is 80.3 Å². The van der Waals surface area contributed by atoms with E-state index in [0.29, 0.717) is 5.41 Å². The number of carbonyl (C=O) groups excluding carboxylic acids is 1. The van der Waals surface area contributed by atoms with Crippen LogP contribution < -0.4 is 15.4 Å². The molecule has 4 nitrogen and oxygen atoms in total. The van der Waals surface area contributed by atoms with E-state index in [9.17, 15) is 4.79 Å². The largest absolute Gasteiger partial charge is 0.497 e. The van der Waals surface area contributed by atoms with Crippen LogP contribution in [0.15, 0.2) is 18.2 Å². The highest BCUT2D eigenvalue weighted by atomic mass is 35.5. The molecule has 1 aliphatic heterocycles. The Labute approximate surface area is 150 Å². The van der Waals surface area contributed by atoms with Crippen LogP contribution in [0, 0.1) is 11.3 Å². The van der Waals surface area contributed by atoms with E-state index < -0.39 is 0 Å². The van der Waals surface area contributed by atoms with Crippen LogP contribution in [0.5, 0.6) is 5.75 Å². The molecule has 2 aliphatic carbocycles. The summed E-state index contributed by atoms with van der Waals surface area (Å²) in [5.41, 5.74) is 2.92. The molecule has 1 aromatic carbocycles. The van der Waals surface area contributed by atoms with E-state index in [1.54, 1.807) is 7.11 Å². The second-order valence-corrected chi connectivity index (χ2v) is 7.39. The van der Waals surface area contributed by atoms with E-state index in [0.717, 1.165) is 57.4 Å². The zero-order valence-corrected chi connectivity index (χ0v) is 15.1. The smallest absolute Gasteiger partial charge is 0.224 e. The molecule has 1 saturated carbocycles. The summed E-state index contributed by atoms with van der Waals surface area (Å²) in [7, 11) is 1.70. The highest BCUT2D eigenvalue weighted by Gasteiger charge is 2.57. The predicted octanol–water partition coefficient (Wildman–Crippen LogP) is 3.00. The first-order chi connectivity index (χ1) is 11.2. The fraction of sp³-hybridized carbons (Fsp3) is 0.632. The number of hydrogen-bond acceptors (Lipinski definition) is 3. The Morgan fingerprint density at radius 1 is 1.33 bits per heavy atom. The van der Waals surface area contributed by atoms with Crippen molar-refractivity contribution in [2.75, 3.05) is 20.2 Å². The molecule has 4 rings (SSSR count). The predicted molar refractivity (Wildman–Crippen MR) is 96.7 cm³/mol. The Kier molecular flexibility index (Phi) is 5.07. The van der Waals surface area contributed by atoms with Gasteiger partial charge < -0.3 is 15.4 Å². The molecule has 2 atom stereocenters. The lowest BCUT2D eigenvalue weighted by molar-refractivity contribution is -0.124. The summed E-state index contributed by atoms with van der Waals surface area (Å²) in [6.45, 7) is 2.13. The first kappa shape index (κ1) is 17.6. The van der Waals surface area contributed by atoms with Crippen molar-refractivity contribution in [3.63, 3.8) is 0 Å². The van der Waals surface area contributed by atoms with Crippen LogP contribution in [-0.4, -0.2) is 26.1 Å². The maximum absolute atomic E-state index is 12.7. The molecule has 0 bridgehead atoms. The van der Waals surface area contributed by atoms with Crippen molar-refractivity contribution < 1.29 is 9.53 Å². The van der Waals surface area contributed by atoms with Gasteiger partial charge in [0.15, 0.2) is 0 Å². The van der Waals surface area contributed by atoms with Gasteiger partial charge in [0.1, 0.15) is 5.75 Å². The fourth-order valence-corrected chi connectivity index (χ4v) is 4.54. The standard InChI is InChI=1S/C19H26N2O2.ClH/c1-23-14-5-6-15-13(11-14)3-2-4-17(15)21-18(22)16-12-19(16)7-9-20-10-8-19;/h5-6,11,16-17,20H,2-4,7-10,12H2,1H3,(H,21,22);1H. The van der Waals surface area contributed by atoms with Crippen LogP contribution in [-0.2, 0) is 11.2 Å². The van der Waals surface area contributed by atoms with Crippen LogP contribution in [0.3, 0.4) is 0 Å². The fourth-order valence-electron chi connectivity index (χ4n) is 4.54. The molecule has 0 radical (unpaired) electrons. The van der Waals surface area contributed by atoms with Gasteiger partial charge in [-0.2, -0.15) is 0 Å². The second kappa shape index (κ2) is 6.93. The number of ether oxygens (including phenoxy) is 1. The minimum Gasteiger partial charge on any atom is -0.497 e. The maximum Gasteiger partial charge on any atom is 0.224 e. The Morgan fingerprint density at radius 3 is 2.88 bits per heavy atom. The quantitative estimate of drug-likeness (QED) is 0.881. The number of piperidine rings is 1. The molecule has 5 heteroatoms. The van der Waals surface area contributed by atoms with Crippen molar-refractivity contribution in [2.24, 2.45) is 11.3 Å². The lowest BCUT2D eigenvalue weighted by atomic mass is 9.87. The van der Waals surface area contributed by atoms with Gasteiger partial charge in [-0.15, -0.1) is 12.4 Å². The van der Waals surface area contributed by atoms with Crippen LogP contribution in [0.4, 0.5) is 0 Å². The number of rotatable bonds is 3. The summed E-state index contributed by atoms with van der Waals surface area (Å²) in [5, 5.41) is 6.75. The Balaban J connectivity index is 0.00000169. The number of nitrogens with one attached hydrogen (secondary N) is 2. The molecule has 2 N–H and O–H groups in total. The molecule has 1 amide bonds. The second-order valence-electron chi connectivity index (χ2n) is 7.39. The van der Waals surface area contributed by atoms with Gasteiger partial charge in [-0.1, -0.05) is 6.07 Å². The van der Waals surface area contributed by atoms with E-state index >= 15 is 0 Å². The van der Waals surface area contributed by atoms with E-state index in [-0.39, 0.29) is 30.3 Å². The lowest BCUT2D eigenvalue weighted by Crippen LogP contribution is -2.36. The summed E-state index contributed by atoms with van der Waals surface area (Å²) in [5.74, 6) is 1.43. The summed E-state index contributed by atoms with van der Waals surface area (Å²) in [6, 6.07) is 6.44. The van der Waals surface area contributed by atoms with Crippen molar-refractivity contribution >= 4 is 18.3 Å². The number of amides is 1. The molecular formula is C19H27ClN2O2. The molecule has 2 fully saturated rings. The number of hydrogen-bond donors (Lipinski definition) is 2. The van der Waals surface area contributed by atoms with Gasteiger partial charge in [0, 0.05) is 5.92 Å². The zero-order valence-electron chi connectivity index (χ0n) is 14.3. The first-order valence-corrected chi connectivity index (χ1v) is 8.90. The topological polar surface area (TPSA) is 50.4 Å². The number of aryl methyl sites for hydroxylation is 1. The Bertz CT molecular complexity index is 613. The molecule has 1 spiro atoms. The van der Waals surface area contributed by atoms with Crippen molar-refractivity contribution in [3.05, 3.63) is 29.3 Å². The van der Waals surface area contributed by atoms with Crippen molar-refractivity contribution in [3.8, 4) is 5.75 Å². The molecule has 1 aromatic rings. The van der Waals surface area contributed by atoms with Crippen molar-refractivity contribution in [1.82, 2.24) is 10.6 Å². The van der Waals surface area contributed by atoms with Gasteiger partial charge in [-0.3, -0.25) is 4.79 Å². The normalized spacial score (nSPS) is 26.9. The number of halogens is 1. The third-order valence-corrected chi connectivity index (χ3v) is 6.09. The number of methoxy groups -OCH3 is 1. The maximum atomic E-state index is 12.7. The van der Waals surface area contributed by atoms with Gasteiger partial charge in [0.2, 0.25) is 5.91 Å². The monoisotopic (exact) mass is 350 g/mol. The zero-order chi connectivity index (χ0) is 15.9. The van der Waals surface area contributed by atoms with E-state index in [2.05, 4.69) is 22.8 Å². The summed E-state index contributed by atoms with van der Waals surface area (Å²) < 4.78 is 5.33. The van der Waals surface area contributed by atoms with Gasteiger partial charge in [0.05, 0.1) is 13.2 Å². The third-order valence-electron chi connectivity index (χ3n) is 6.09. The van der Waals surface area contributed by atoms with Gasteiger partial charge >= 0.3 is 0 Å². The number of carbonyl (C=O) groups is 1. The van der Waals surface area contributed by atoms with Crippen molar-refractivity contribution in [2.45, 2.75) is 44.6 Å². The number of fused-ring (bicyclic) bond motifs is 1. The highest BCUT2D eigenvalue weighted by molar-refractivity contribution is 5.85. The van der Waals surface area contributed by atoms with Gasteiger partial charge in [-0.25, -0.2) is 0 Å². The Hall–Kier alpha value is -1.26. The molecule has 132 valence electrons. The van der Waals surface area contributed by atoms with E-state index in [1.807, 2.05) is 6.07 Å². The van der Waals surface area contributed by atoms with Crippen LogP contribution in [0.2, 0.25) is 0 Å². The van der Waals surface area contributed by atoms with Crippen molar-refractivity contribution in [1.29, 1.82) is 0 Å². The summed E-state index contributed by atoms with van der Waals surface area (Å²) >= 11 is 0. The molecule has 3 aliphatic rings.